The van der Waals surface area contributed by atoms with Crippen molar-refractivity contribution in [1.82, 2.24) is 0 Å². The third-order valence-corrected chi connectivity index (χ3v) is 2.53. The molecule has 1 aromatic carbocycles. The molecule has 0 bridgehead atoms. The van der Waals surface area contributed by atoms with Crippen LogP contribution in [0.2, 0.25) is 0 Å². The van der Waals surface area contributed by atoms with Gasteiger partial charge in [-0.3, -0.25) is 4.79 Å². The Morgan fingerprint density at radius 3 is 2.73 bits per heavy atom. The molecule has 0 spiro atoms. The first-order valence-electron chi connectivity index (χ1n) is 4.21. The van der Waals surface area contributed by atoms with Crippen molar-refractivity contribution < 1.29 is 19.0 Å². The molecule has 0 unspecified atom stereocenters. The Morgan fingerprint density at radius 1 is 1.60 bits per heavy atom. The van der Waals surface area contributed by atoms with Crippen LogP contribution in [0.15, 0.2) is 12.1 Å². The summed E-state index contributed by atoms with van der Waals surface area (Å²) in [6, 6.07) is 2.93. The predicted octanol–water partition coefficient (Wildman–Crippen LogP) is 2.36. The molecule has 0 heterocycles. The SMILES string of the molecule is COc1c(F)cc(CBr)cc1CC(=O)O. The number of benzene rings is 1. The van der Waals surface area contributed by atoms with E-state index in [0.717, 1.165) is 0 Å². The van der Waals surface area contributed by atoms with E-state index in [4.69, 9.17) is 9.84 Å². The van der Waals surface area contributed by atoms with Gasteiger partial charge in [-0.2, -0.15) is 0 Å². The second kappa shape index (κ2) is 5.11. The van der Waals surface area contributed by atoms with Gasteiger partial charge in [0.2, 0.25) is 0 Å². The molecule has 0 aliphatic carbocycles. The van der Waals surface area contributed by atoms with Gasteiger partial charge in [-0.05, 0) is 11.6 Å². The van der Waals surface area contributed by atoms with Crippen LogP contribution in [0.3, 0.4) is 0 Å². The number of alkyl halides is 1. The molecule has 5 heteroatoms. The number of halogens is 2. The summed E-state index contributed by atoms with van der Waals surface area (Å²) in [5.41, 5.74) is 1.03. The maximum absolute atomic E-state index is 13.4. The van der Waals surface area contributed by atoms with Crippen LogP contribution >= 0.6 is 15.9 Å². The van der Waals surface area contributed by atoms with Crippen molar-refractivity contribution in [3.8, 4) is 5.75 Å². The second-order valence-corrected chi connectivity index (χ2v) is 3.53. The fraction of sp³-hybridized carbons (Fsp3) is 0.300. The molecule has 15 heavy (non-hydrogen) atoms. The molecule has 0 atom stereocenters. The summed E-state index contributed by atoms with van der Waals surface area (Å²) in [5.74, 6) is -1.55. The zero-order valence-electron chi connectivity index (χ0n) is 8.09. The van der Waals surface area contributed by atoms with Gasteiger partial charge in [0.05, 0.1) is 13.5 Å². The standard InChI is InChI=1S/C10H10BrFO3/c1-15-10-7(4-9(13)14)2-6(5-11)3-8(10)12/h2-3H,4-5H2,1H3,(H,13,14). The van der Waals surface area contributed by atoms with E-state index >= 15 is 0 Å². The van der Waals surface area contributed by atoms with E-state index in [2.05, 4.69) is 15.9 Å². The Bertz CT molecular complexity index is 379. The van der Waals surface area contributed by atoms with E-state index in [1.807, 2.05) is 0 Å². The lowest BCUT2D eigenvalue weighted by molar-refractivity contribution is -0.136. The minimum atomic E-state index is -1.01. The van der Waals surface area contributed by atoms with Crippen molar-refractivity contribution in [3.05, 3.63) is 29.1 Å². The molecular formula is C10H10BrFO3. The molecule has 3 nitrogen and oxygen atoms in total. The summed E-state index contributed by atoms with van der Waals surface area (Å²) in [6.07, 6.45) is -0.249. The fourth-order valence-corrected chi connectivity index (χ4v) is 1.64. The molecule has 1 aromatic rings. The first-order chi connectivity index (χ1) is 7.08. The quantitative estimate of drug-likeness (QED) is 0.859. The van der Waals surface area contributed by atoms with Gasteiger partial charge in [0.25, 0.3) is 0 Å². The molecule has 82 valence electrons. The number of carboxylic acids is 1. The lowest BCUT2D eigenvalue weighted by atomic mass is 10.1. The summed E-state index contributed by atoms with van der Waals surface area (Å²) < 4.78 is 18.2. The lowest BCUT2D eigenvalue weighted by Gasteiger charge is -2.09. The van der Waals surface area contributed by atoms with E-state index in [9.17, 15) is 9.18 Å². The summed E-state index contributed by atoms with van der Waals surface area (Å²) in [7, 11) is 1.32. The molecule has 1 rings (SSSR count). The Labute approximate surface area is 95.0 Å². The highest BCUT2D eigenvalue weighted by atomic mass is 79.9. The van der Waals surface area contributed by atoms with Gasteiger partial charge >= 0.3 is 5.97 Å². The van der Waals surface area contributed by atoms with Crippen LogP contribution in [0.5, 0.6) is 5.75 Å². The Balaban J connectivity index is 3.19. The van der Waals surface area contributed by atoms with E-state index in [-0.39, 0.29) is 12.2 Å². The number of carboxylic acid groups (broad SMARTS) is 1. The molecule has 0 saturated carbocycles. The van der Waals surface area contributed by atoms with Crippen LogP contribution in [0, 0.1) is 5.82 Å². The van der Waals surface area contributed by atoms with Crippen LogP contribution in [0.4, 0.5) is 4.39 Å². The fourth-order valence-electron chi connectivity index (χ4n) is 1.31. The van der Waals surface area contributed by atoms with Gasteiger partial charge in [-0.25, -0.2) is 4.39 Å². The Kier molecular flexibility index (Phi) is 4.08. The van der Waals surface area contributed by atoms with Crippen LogP contribution in [-0.4, -0.2) is 18.2 Å². The summed E-state index contributed by atoms with van der Waals surface area (Å²) in [4.78, 5) is 10.6. The summed E-state index contributed by atoms with van der Waals surface area (Å²) in [6.45, 7) is 0. The molecule has 0 saturated heterocycles. The van der Waals surface area contributed by atoms with Crippen molar-refractivity contribution in [1.29, 1.82) is 0 Å². The van der Waals surface area contributed by atoms with Gasteiger partial charge in [0, 0.05) is 10.9 Å². The molecule has 0 aromatic heterocycles. The van der Waals surface area contributed by atoms with Crippen LogP contribution in [0.25, 0.3) is 0 Å². The van der Waals surface area contributed by atoms with Crippen molar-refractivity contribution >= 4 is 21.9 Å². The normalized spacial score (nSPS) is 10.1. The molecular weight excluding hydrogens is 267 g/mol. The number of ether oxygens (including phenoxy) is 1. The van der Waals surface area contributed by atoms with Crippen molar-refractivity contribution in [3.63, 3.8) is 0 Å². The van der Waals surface area contributed by atoms with E-state index in [1.54, 1.807) is 6.07 Å². The van der Waals surface area contributed by atoms with Crippen LogP contribution < -0.4 is 4.74 Å². The number of hydrogen-bond acceptors (Lipinski definition) is 2. The minimum absolute atomic E-state index is 0.00194. The average Bonchev–Trinajstić information content (AvgIpc) is 2.16. The monoisotopic (exact) mass is 276 g/mol. The smallest absolute Gasteiger partial charge is 0.307 e. The first-order valence-corrected chi connectivity index (χ1v) is 5.33. The maximum atomic E-state index is 13.4. The lowest BCUT2D eigenvalue weighted by Crippen LogP contribution is -2.04. The highest BCUT2D eigenvalue weighted by Crippen LogP contribution is 2.25. The van der Waals surface area contributed by atoms with E-state index < -0.39 is 11.8 Å². The summed E-state index contributed by atoms with van der Waals surface area (Å²) in [5, 5.41) is 9.12. The maximum Gasteiger partial charge on any atom is 0.307 e. The Hall–Kier alpha value is -1.10. The largest absolute Gasteiger partial charge is 0.493 e. The zero-order chi connectivity index (χ0) is 11.4. The van der Waals surface area contributed by atoms with Gasteiger partial charge in [0.15, 0.2) is 11.6 Å². The minimum Gasteiger partial charge on any atom is -0.493 e. The van der Waals surface area contributed by atoms with Crippen molar-refractivity contribution in [2.45, 2.75) is 11.8 Å². The van der Waals surface area contributed by atoms with Gasteiger partial charge in [-0.15, -0.1) is 0 Å². The second-order valence-electron chi connectivity index (χ2n) is 2.97. The molecule has 0 amide bonds. The van der Waals surface area contributed by atoms with Crippen molar-refractivity contribution in [2.24, 2.45) is 0 Å². The molecule has 0 aliphatic rings. The van der Waals surface area contributed by atoms with Gasteiger partial charge in [0.1, 0.15) is 0 Å². The van der Waals surface area contributed by atoms with Gasteiger partial charge < -0.3 is 9.84 Å². The van der Waals surface area contributed by atoms with E-state index in [1.165, 1.54) is 13.2 Å². The number of aliphatic carboxylic acids is 1. The molecule has 0 aliphatic heterocycles. The number of carbonyl (C=O) groups is 1. The highest BCUT2D eigenvalue weighted by molar-refractivity contribution is 9.08. The number of methoxy groups -OCH3 is 1. The zero-order valence-corrected chi connectivity index (χ0v) is 9.67. The summed E-state index contributed by atoms with van der Waals surface area (Å²) >= 11 is 3.18. The number of rotatable bonds is 4. The predicted molar refractivity (Wildman–Crippen MR) is 56.9 cm³/mol. The molecule has 0 radical (unpaired) electrons. The molecule has 0 fully saturated rings. The van der Waals surface area contributed by atoms with Crippen LogP contribution in [0.1, 0.15) is 11.1 Å². The third-order valence-electron chi connectivity index (χ3n) is 1.88. The third kappa shape index (κ3) is 2.92. The van der Waals surface area contributed by atoms with Crippen LogP contribution in [-0.2, 0) is 16.5 Å². The van der Waals surface area contributed by atoms with Gasteiger partial charge in [-0.1, -0.05) is 22.0 Å². The average molecular weight is 277 g/mol. The first kappa shape index (κ1) is 12.0. The molecule has 1 N–H and O–H groups in total. The Morgan fingerprint density at radius 2 is 2.27 bits per heavy atom. The number of hydrogen-bond donors (Lipinski definition) is 1. The van der Waals surface area contributed by atoms with E-state index in [0.29, 0.717) is 16.5 Å². The topological polar surface area (TPSA) is 46.5 Å². The highest BCUT2D eigenvalue weighted by Gasteiger charge is 2.13. The van der Waals surface area contributed by atoms with Crippen molar-refractivity contribution in [2.75, 3.05) is 7.11 Å².